The van der Waals surface area contributed by atoms with Crippen molar-refractivity contribution in [1.82, 2.24) is 14.7 Å². The molecule has 0 saturated carbocycles. The van der Waals surface area contributed by atoms with Gasteiger partial charge in [0.1, 0.15) is 17.9 Å². The minimum absolute atomic E-state index is 0.538. The van der Waals surface area contributed by atoms with Gasteiger partial charge >= 0.3 is 6.09 Å². The summed E-state index contributed by atoms with van der Waals surface area (Å²) in [6, 6.07) is 1.07. The van der Waals surface area contributed by atoms with Crippen molar-refractivity contribution in [3.05, 3.63) is 17.5 Å². The molecule has 1 amide bonds. The van der Waals surface area contributed by atoms with Gasteiger partial charge in [0.05, 0.1) is 11.4 Å². The van der Waals surface area contributed by atoms with Crippen LogP contribution in [0.5, 0.6) is 0 Å². The fourth-order valence-electron chi connectivity index (χ4n) is 1.71. The molecular formula is C13H21N3O3. The van der Waals surface area contributed by atoms with Crippen molar-refractivity contribution in [3.8, 4) is 0 Å². The van der Waals surface area contributed by atoms with E-state index < -0.39 is 17.7 Å². The van der Waals surface area contributed by atoms with Crippen LogP contribution in [0.3, 0.4) is 0 Å². The summed E-state index contributed by atoms with van der Waals surface area (Å²) in [6.45, 7) is 7.17. The maximum Gasteiger partial charge on any atom is 0.410 e. The van der Waals surface area contributed by atoms with Gasteiger partial charge in [0.2, 0.25) is 0 Å². The molecule has 106 valence electrons. The van der Waals surface area contributed by atoms with E-state index in [9.17, 15) is 9.59 Å². The highest BCUT2D eigenvalue weighted by Crippen LogP contribution is 2.20. The minimum Gasteiger partial charge on any atom is -0.444 e. The van der Waals surface area contributed by atoms with Crippen LogP contribution in [0, 0.1) is 6.92 Å². The smallest absolute Gasteiger partial charge is 0.410 e. The highest BCUT2D eigenvalue weighted by molar-refractivity contribution is 5.74. The Kier molecular flexibility index (Phi) is 4.34. The van der Waals surface area contributed by atoms with Gasteiger partial charge < -0.3 is 9.53 Å². The van der Waals surface area contributed by atoms with Crippen LogP contribution in [0.25, 0.3) is 0 Å². The number of nitrogens with zero attached hydrogens (tertiary/aromatic N) is 3. The van der Waals surface area contributed by atoms with E-state index in [0.29, 0.717) is 12.0 Å². The third kappa shape index (κ3) is 3.81. The molecule has 1 unspecified atom stereocenters. The average Bonchev–Trinajstić information content (AvgIpc) is 2.56. The number of likely N-dealkylation sites (N-methyl/N-ethyl adjacent to an activating group) is 1. The van der Waals surface area contributed by atoms with Crippen LogP contribution in [0.1, 0.15) is 38.2 Å². The second-order valence-electron chi connectivity index (χ2n) is 5.51. The summed E-state index contributed by atoms with van der Waals surface area (Å²) >= 11 is 0. The Labute approximate surface area is 113 Å². The molecule has 6 nitrogen and oxygen atoms in total. The highest BCUT2D eigenvalue weighted by Gasteiger charge is 2.28. The number of hydrogen-bond acceptors (Lipinski definition) is 4. The molecule has 0 aliphatic heterocycles. The summed E-state index contributed by atoms with van der Waals surface area (Å²) in [6.07, 6.45) is 0.170. The first-order valence-electron chi connectivity index (χ1n) is 6.07. The van der Waals surface area contributed by atoms with E-state index in [4.69, 9.17) is 4.74 Å². The van der Waals surface area contributed by atoms with Gasteiger partial charge in [0, 0.05) is 14.1 Å². The summed E-state index contributed by atoms with van der Waals surface area (Å²) in [7, 11) is 3.28. The Morgan fingerprint density at radius 2 is 2.11 bits per heavy atom. The zero-order chi connectivity index (χ0) is 14.8. The predicted molar refractivity (Wildman–Crippen MR) is 70.7 cm³/mol. The first-order valence-corrected chi connectivity index (χ1v) is 6.07. The largest absolute Gasteiger partial charge is 0.444 e. The van der Waals surface area contributed by atoms with Crippen molar-refractivity contribution in [2.75, 3.05) is 7.05 Å². The second kappa shape index (κ2) is 5.42. The fraction of sp³-hybridized carbons (Fsp3) is 0.615. The maximum absolute atomic E-state index is 12.0. The molecular weight excluding hydrogens is 246 g/mol. The maximum atomic E-state index is 12.0. The molecule has 1 atom stereocenters. The molecule has 1 aromatic heterocycles. The first-order chi connectivity index (χ1) is 8.65. The Morgan fingerprint density at radius 3 is 2.47 bits per heavy atom. The van der Waals surface area contributed by atoms with Gasteiger partial charge in [-0.3, -0.25) is 9.58 Å². The van der Waals surface area contributed by atoms with E-state index in [0.717, 1.165) is 5.69 Å². The molecule has 1 aromatic rings. The number of ether oxygens (including phenoxy) is 1. The lowest BCUT2D eigenvalue weighted by atomic mass is 10.2. The topological polar surface area (TPSA) is 64.4 Å². The molecule has 6 heteroatoms. The quantitative estimate of drug-likeness (QED) is 0.784. The van der Waals surface area contributed by atoms with Crippen molar-refractivity contribution in [2.45, 2.75) is 39.3 Å². The number of carbonyl (C=O) groups is 2. The number of aromatic nitrogens is 2. The molecule has 0 radical (unpaired) electrons. The number of carbonyl (C=O) groups excluding carboxylic acids is 2. The van der Waals surface area contributed by atoms with Gasteiger partial charge in [-0.25, -0.2) is 4.79 Å². The monoisotopic (exact) mass is 267 g/mol. The molecule has 19 heavy (non-hydrogen) atoms. The van der Waals surface area contributed by atoms with E-state index in [1.54, 1.807) is 38.6 Å². The van der Waals surface area contributed by atoms with Gasteiger partial charge in [-0.15, -0.1) is 0 Å². The van der Waals surface area contributed by atoms with Crippen molar-refractivity contribution in [3.63, 3.8) is 0 Å². The Morgan fingerprint density at radius 1 is 1.53 bits per heavy atom. The van der Waals surface area contributed by atoms with E-state index in [2.05, 4.69) is 5.10 Å². The van der Waals surface area contributed by atoms with Crippen molar-refractivity contribution >= 4 is 12.4 Å². The zero-order valence-corrected chi connectivity index (χ0v) is 12.3. The van der Waals surface area contributed by atoms with Gasteiger partial charge in [0.25, 0.3) is 0 Å². The van der Waals surface area contributed by atoms with Crippen LogP contribution in [-0.2, 0) is 16.6 Å². The molecule has 0 aromatic carbocycles. The summed E-state index contributed by atoms with van der Waals surface area (Å²) in [4.78, 5) is 24.5. The third-order valence-electron chi connectivity index (χ3n) is 2.57. The molecule has 0 aliphatic rings. The lowest BCUT2D eigenvalue weighted by molar-refractivity contribution is -0.112. The van der Waals surface area contributed by atoms with Gasteiger partial charge in [-0.1, -0.05) is 0 Å². The zero-order valence-electron chi connectivity index (χ0n) is 12.3. The van der Waals surface area contributed by atoms with Crippen molar-refractivity contribution in [1.29, 1.82) is 0 Å². The summed E-state index contributed by atoms with van der Waals surface area (Å²) in [5.41, 5.74) is 0.851. The molecule has 0 fully saturated rings. The number of rotatable bonds is 3. The summed E-state index contributed by atoms with van der Waals surface area (Å²) in [5, 5.41) is 4.18. The fourth-order valence-corrected chi connectivity index (χ4v) is 1.71. The second-order valence-corrected chi connectivity index (χ2v) is 5.51. The van der Waals surface area contributed by atoms with Gasteiger partial charge in [0.15, 0.2) is 0 Å². The molecule has 1 rings (SSSR count). The normalized spacial score (nSPS) is 12.9. The minimum atomic E-state index is -0.707. The van der Waals surface area contributed by atoms with E-state index in [1.807, 2.05) is 6.92 Å². The SMILES string of the molecule is Cc1cc(C(C=O)N(C)C(=O)OC(C)(C)C)n(C)n1. The molecule has 0 spiro atoms. The van der Waals surface area contributed by atoms with Crippen molar-refractivity contribution in [2.24, 2.45) is 7.05 Å². The predicted octanol–water partition coefficient (Wildman–Crippen LogP) is 1.84. The lowest BCUT2D eigenvalue weighted by Crippen LogP contribution is -2.37. The molecule has 0 N–H and O–H groups in total. The Bertz CT molecular complexity index is 474. The van der Waals surface area contributed by atoms with Gasteiger partial charge in [-0.05, 0) is 33.8 Å². The van der Waals surface area contributed by atoms with E-state index >= 15 is 0 Å². The molecule has 0 saturated heterocycles. The summed E-state index contributed by atoms with van der Waals surface area (Å²) < 4.78 is 6.84. The standard InChI is InChI=1S/C13H21N3O3/c1-9-7-10(16(6)14-9)11(8-17)15(5)12(18)19-13(2,3)4/h7-8,11H,1-6H3. The third-order valence-corrected chi connectivity index (χ3v) is 2.57. The number of hydrogen-bond donors (Lipinski definition) is 0. The molecule has 0 aliphatic carbocycles. The van der Waals surface area contributed by atoms with Crippen LogP contribution in [0.4, 0.5) is 4.79 Å². The van der Waals surface area contributed by atoms with Crippen molar-refractivity contribution < 1.29 is 14.3 Å². The first kappa shape index (κ1) is 15.2. The van der Waals surface area contributed by atoms with Gasteiger partial charge in [-0.2, -0.15) is 5.10 Å². The molecule has 1 heterocycles. The number of aryl methyl sites for hydroxylation is 2. The van der Waals surface area contributed by atoms with E-state index in [1.165, 1.54) is 11.9 Å². The summed E-state index contributed by atoms with van der Waals surface area (Å²) in [5.74, 6) is 0. The van der Waals surface area contributed by atoms with E-state index in [-0.39, 0.29) is 0 Å². The van der Waals surface area contributed by atoms with Crippen LogP contribution in [0.2, 0.25) is 0 Å². The molecule has 0 bridgehead atoms. The van der Waals surface area contributed by atoms with Crippen LogP contribution < -0.4 is 0 Å². The van der Waals surface area contributed by atoms with Crippen LogP contribution in [-0.4, -0.2) is 39.7 Å². The Balaban J connectivity index is 2.94. The lowest BCUT2D eigenvalue weighted by Gasteiger charge is -2.27. The highest BCUT2D eigenvalue weighted by atomic mass is 16.6. The Hall–Kier alpha value is -1.85. The number of aldehydes is 1. The average molecular weight is 267 g/mol. The number of amides is 1. The van der Waals surface area contributed by atoms with Crippen LogP contribution in [0.15, 0.2) is 6.07 Å². The van der Waals surface area contributed by atoms with Crippen LogP contribution >= 0.6 is 0 Å².